The maximum absolute atomic E-state index is 5.26. The highest BCUT2D eigenvalue weighted by Gasteiger charge is 2.20. The van der Waals surface area contributed by atoms with E-state index >= 15 is 0 Å². The fourth-order valence-corrected chi connectivity index (χ4v) is 3.97. The average molecular weight is 402 g/mol. The predicted molar refractivity (Wildman–Crippen MR) is 114 cm³/mol. The van der Waals surface area contributed by atoms with Crippen molar-refractivity contribution in [1.82, 2.24) is 24.6 Å². The Morgan fingerprint density at radius 2 is 1.93 bits per heavy atom. The van der Waals surface area contributed by atoms with Gasteiger partial charge in [0, 0.05) is 30.3 Å². The van der Waals surface area contributed by atoms with Crippen LogP contribution in [-0.2, 0) is 6.54 Å². The van der Waals surface area contributed by atoms with Gasteiger partial charge in [0.2, 0.25) is 0 Å². The van der Waals surface area contributed by atoms with E-state index in [1.54, 1.807) is 7.11 Å². The van der Waals surface area contributed by atoms with Crippen molar-refractivity contribution < 1.29 is 4.74 Å². The first kappa shape index (κ1) is 20.4. The molecule has 2 aromatic heterocycles. The molecule has 4 rings (SSSR count). The highest BCUT2D eigenvalue weighted by Crippen LogP contribution is 2.31. The van der Waals surface area contributed by atoms with Crippen molar-refractivity contribution in [2.75, 3.05) is 20.7 Å². The molecule has 1 aliphatic carbocycles. The molecule has 0 radical (unpaired) electrons. The van der Waals surface area contributed by atoms with E-state index in [0.717, 1.165) is 47.4 Å². The number of methoxy groups -OCH3 is 1. The first-order valence-corrected chi connectivity index (χ1v) is 9.65. The van der Waals surface area contributed by atoms with E-state index in [9.17, 15) is 0 Å². The molecule has 0 spiro atoms. The van der Waals surface area contributed by atoms with Crippen LogP contribution >= 0.6 is 12.4 Å². The molecule has 6 nitrogen and oxygen atoms in total. The number of benzene rings is 1. The molecule has 1 N–H and O–H groups in total. The van der Waals surface area contributed by atoms with Gasteiger partial charge in [-0.25, -0.2) is 4.98 Å². The van der Waals surface area contributed by atoms with Gasteiger partial charge in [0.05, 0.1) is 37.2 Å². The zero-order chi connectivity index (χ0) is 18.6. The van der Waals surface area contributed by atoms with Gasteiger partial charge in [0.25, 0.3) is 0 Å². The highest BCUT2D eigenvalue weighted by atomic mass is 35.5. The molecule has 1 aromatic carbocycles. The van der Waals surface area contributed by atoms with Crippen LogP contribution in [0.3, 0.4) is 0 Å². The molecule has 0 bridgehead atoms. The summed E-state index contributed by atoms with van der Waals surface area (Å²) in [5.74, 6) is 0.847. The second-order valence-corrected chi connectivity index (χ2v) is 7.28. The van der Waals surface area contributed by atoms with E-state index in [2.05, 4.69) is 31.7 Å². The van der Waals surface area contributed by atoms with E-state index < -0.39 is 0 Å². The lowest BCUT2D eigenvalue weighted by molar-refractivity contribution is 0.237. The SMILES string of the molecule is COc1ccc(-c2[nH]ncc2-c2cncn2CCN(C)C2CCCC2)cc1.Cl. The Kier molecular flexibility index (Phi) is 6.75. The summed E-state index contributed by atoms with van der Waals surface area (Å²) in [5.41, 5.74) is 4.25. The van der Waals surface area contributed by atoms with Crippen LogP contribution in [0.1, 0.15) is 25.7 Å². The van der Waals surface area contributed by atoms with Gasteiger partial charge in [-0.05, 0) is 44.2 Å². The molecule has 1 fully saturated rings. The largest absolute Gasteiger partial charge is 0.497 e. The van der Waals surface area contributed by atoms with Gasteiger partial charge in [-0.2, -0.15) is 5.10 Å². The maximum Gasteiger partial charge on any atom is 0.118 e. The molecule has 0 amide bonds. The molecule has 0 aliphatic heterocycles. The van der Waals surface area contributed by atoms with Crippen molar-refractivity contribution in [2.45, 2.75) is 38.3 Å². The molecule has 0 unspecified atom stereocenters. The Bertz CT molecular complexity index is 867. The third kappa shape index (κ3) is 4.23. The third-order valence-corrected chi connectivity index (χ3v) is 5.65. The third-order valence-electron chi connectivity index (χ3n) is 5.65. The number of nitrogens with one attached hydrogen (secondary N) is 1. The van der Waals surface area contributed by atoms with E-state index in [-0.39, 0.29) is 12.4 Å². The number of likely N-dealkylation sites (N-methyl/N-ethyl adjacent to an activating group) is 1. The number of hydrogen-bond acceptors (Lipinski definition) is 4. The summed E-state index contributed by atoms with van der Waals surface area (Å²) in [6.45, 7) is 1.96. The Balaban J connectivity index is 0.00000225. The highest BCUT2D eigenvalue weighted by molar-refractivity contribution is 5.85. The van der Waals surface area contributed by atoms with Crippen LogP contribution in [0.2, 0.25) is 0 Å². The number of nitrogens with zero attached hydrogens (tertiary/aromatic N) is 4. The van der Waals surface area contributed by atoms with Crippen molar-refractivity contribution in [2.24, 2.45) is 0 Å². The topological polar surface area (TPSA) is 59.0 Å². The lowest BCUT2D eigenvalue weighted by Gasteiger charge is -2.24. The molecule has 7 heteroatoms. The number of hydrogen-bond donors (Lipinski definition) is 1. The van der Waals surface area contributed by atoms with E-state index in [1.165, 1.54) is 25.7 Å². The number of ether oxygens (including phenoxy) is 1. The van der Waals surface area contributed by atoms with Crippen LogP contribution < -0.4 is 4.74 Å². The summed E-state index contributed by atoms with van der Waals surface area (Å²) >= 11 is 0. The monoisotopic (exact) mass is 401 g/mol. The maximum atomic E-state index is 5.26. The van der Waals surface area contributed by atoms with E-state index in [0.29, 0.717) is 0 Å². The molecule has 3 aromatic rings. The Labute approximate surface area is 172 Å². The number of aromatic nitrogens is 4. The van der Waals surface area contributed by atoms with Crippen LogP contribution in [0.15, 0.2) is 43.0 Å². The van der Waals surface area contributed by atoms with Crippen LogP contribution in [-0.4, -0.2) is 51.4 Å². The van der Waals surface area contributed by atoms with Gasteiger partial charge in [-0.15, -0.1) is 12.4 Å². The number of aromatic amines is 1. The van der Waals surface area contributed by atoms with Gasteiger partial charge in [-0.3, -0.25) is 5.10 Å². The molecule has 28 heavy (non-hydrogen) atoms. The Morgan fingerprint density at radius 3 is 2.64 bits per heavy atom. The fraction of sp³-hybridized carbons (Fsp3) is 0.429. The molecule has 2 heterocycles. The molecule has 0 saturated heterocycles. The van der Waals surface area contributed by atoms with Gasteiger partial charge >= 0.3 is 0 Å². The quantitative estimate of drug-likeness (QED) is 0.643. The normalized spacial score (nSPS) is 14.4. The van der Waals surface area contributed by atoms with Gasteiger partial charge in [-0.1, -0.05) is 12.8 Å². The zero-order valence-corrected chi connectivity index (χ0v) is 17.3. The van der Waals surface area contributed by atoms with E-state index in [4.69, 9.17) is 4.74 Å². The lowest BCUT2D eigenvalue weighted by Crippen LogP contribution is -2.32. The number of halogens is 1. The van der Waals surface area contributed by atoms with Crippen LogP contribution in [0.25, 0.3) is 22.5 Å². The first-order valence-electron chi connectivity index (χ1n) is 9.65. The summed E-state index contributed by atoms with van der Waals surface area (Å²) in [6, 6.07) is 8.76. The number of rotatable bonds is 7. The van der Waals surface area contributed by atoms with Crippen LogP contribution in [0, 0.1) is 0 Å². The van der Waals surface area contributed by atoms with Crippen molar-refractivity contribution in [3.05, 3.63) is 43.0 Å². The van der Waals surface area contributed by atoms with Crippen molar-refractivity contribution in [1.29, 1.82) is 0 Å². The Hall–Kier alpha value is -2.31. The first-order chi connectivity index (χ1) is 13.3. The second-order valence-electron chi connectivity index (χ2n) is 7.28. The molecular formula is C21H28ClN5O. The summed E-state index contributed by atoms with van der Waals surface area (Å²) in [4.78, 5) is 6.90. The zero-order valence-electron chi connectivity index (χ0n) is 16.5. The number of imidazole rings is 1. The van der Waals surface area contributed by atoms with Crippen LogP contribution in [0.5, 0.6) is 5.75 Å². The smallest absolute Gasteiger partial charge is 0.118 e. The molecule has 150 valence electrons. The standard InChI is InChI=1S/C21H27N5O.ClH/c1-25(17-5-3-4-6-17)11-12-26-15-22-14-20(26)19-13-23-24-21(19)16-7-9-18(27-2)10-8-16;/h7-10,13-15,17H,3-6,11-12H2,1-2H3,(H,23,24);1H. The fourth-order valence-electron chi connectivity index (χ4n) is 3.97. The molecule has 1 aliphatic rings. The van der Waals surface area contributed by atoms with Crippen LogP contribution in [0.4, 0.5) is 0 Å². The van der Waals surface area contributed by atoms with Gasteiger partial charge in [0.15, 0.2) is 0 Å². The minimum absolute atomic E-state index is 0. The minimum atomic E-state index is 0. The molecule has 0 atom stereocenters. The van der Waals surface area contributed by atoms with E-state index in [1.807, 2.05) is 43.0 Å². The van der Waals surface area contributed by atoms with Crippen molar-refractivity contribution in [3.8, 4) is 28.3 Å². The summed E-state index contributed by atoms with van der Waals surface area (Å²) in [6.07, 6.45) is 11.1. The average Bonchev–Trinajstić information content (AvgIpc) is 3.47. The molecular weight excluding hydrogens is 374 g/mol. The van der Waals surface area contributed by atoms with Crippen molar-refractivity contribution in [3.63, 3.8) is 0 Å². The lowest BCUT2D eigenvalue weighted by atomic mass is 10.1. The number of H-pyrrole nitrogens is 1. The Morgan fingerprint density at radius 1 is 1.18 bits per heavy atom. The van der Waals surface area contributed by atoms with Crippen molar-refractivity contribution >= 4 is 12.4 Å². The molecule has 1 saturated carbocycles. The van der Waals surface area contributed by atoms with Gasteiger partial charge in [0.1, 0.15) is 5.75 Å². The predicted octanol–water partition coefficient (Wildman–Crippen LogP) is 4.25. The minimum Gasteiger partial charge on any atom is -0.497 e. The second kappa shape index (κ2) is 9.26. The van der Waals surface area contributed by atoms with Gasteiger partial charge < -0.3 is 14.2 Å². The summed E-state index contributed by atoms with van der Waals surface area (Å²) in [7, 11) is 3.92. The summed E-state index contributed by atoms with van der Waals surface area (Å²) in [5, 5.41) is 7.43. The summed E-state index contributed by atoms with van der Waals surface area (Å²) < 4.78 is 7.49.